The molecule has 0 radical (unpaired) electrons. The highest BCUT2D eigenvalue weighted by molar-refractivity contribution is 5.88. The van der Waals surface area contributed by atoms with Gasteiger partial charge in [-0.15, -0.1) is 0 Å². The lowest BCUT2D eigenvalue weighted by Gasteiger charge is -2.04. The lowest BCUT2D eigenvalue weighted by molar-refractivity contribution is 0.0591. The van der Waals surface area contributed by atoms with E-state index in [1.165, 1.54) is 7.11 Å². The van der Waals surface area contributed by atoms with E-state index in [1.807, 2.05) is 19.1 Å². The zero-order chi connectivity index (χ0) is 10.1. The van der Waals surface area contributed by atoms with Gasteiger partial charge in [-0.2, -0.15) is 5.10 Å². The molecule has 2 heterocycles. The van der Waals surface area contributed by atoms with Gasteiger partial charge in [0.2, 0.25) is 0 Å². The first kappa shape index (κ1) is 8.74. The van der Waals surface area contributed by atoms with Gasteiger partial charge in [-0.1, -0.05) is 6.07 Å². The minimum atomic E-state index is -0.376. The molecular formula is C10H10N2O2. The first-order chi connectivity index (χ1) is 6.74. The minimum absolute atomic E-state index is 0.376. The number of hydrogen-bond acceptors (Lipinski definition) is 3. The molecule has 4 heteroatoms. The fraction of sp³-hybridized carbons (Fsp3) is 0.200. The quantitative estimate of drug-likeness (QED) is 0.639. The van der Waals surface area contributed by atoms with Crippen molar-refractivity contribution in [3.05, 3.63) is 35.7 Å². The van der Waals surface area contributed by atoms with E-state index < -0.39 is 0 Å². The first-order valence-corrected chi connectivity index (χ1v) is 4.25. The van der Waals surface area contributed by atoms with Gasteiger partial charge in [-0.3, -0.25) is 0 Å². The summed E-state index contributed by atoms with van der Waals surface area (Å²) in [5, 5.41) is 4.06. The van der Waals surface area contributed by atoms with E-state index in [0.717, 1.165) is 11.1 Å². The highest BCUT2D eigenvalue weighted by atomic mass is 16.5. The maximum Gasteiger partial charge on any atom is 0.356 e. The van der Waals surface area contributed by atoms with E-state index in [1.54, 1.807) is 16.8 Å². The van der Waals surface area contributed by atoms with Crippen LogP contribution in [0.3, 0.4) is 0 Å². The summed E-state index contributed by atoms with van der Waals surface area (Å²) in [6.45, 7) is 1.97. The molecule has 14 heavy (non-hydrogen) atoms. The van der Waals surface area contributed by atoms with Gasteiger partial charge in [0.05, 0.1) is 18.8 Å². The van der Waals surface area contributed by atoms with Gasteiger partial charge >= 0.3 is 5.97 Å². The van der Waals surface area contributed by atoms with Crippen LogP contribution in [-0.2, 0) is 4.74 Å². The molecule has 0 unspecified atom stereocenters. The van der Waals surface area contributed by atoms with Gasteiger partial charge in [0, 0.05) is 0 Å². The SMILES string of the molecule is COC(=O)c1ccc(C)c2ccnn12. The van der Waals surface area contributed by atoms with Crippen LogP contribution in [0.2, 0.25) is 0 Å². The monoisotopic (exact) mass is 190 g/mol. The van der Waals surface area contributed by atoms with Crippen LogP contribution in [0.4, 0.5) is 0 Å². The summed E-state index contributed by atoms with van der Waals surface area (Å²) in [4.78, 5) is 11.4. The second-order valence-corrected chi connectivity index (χ2v) is 3.02. The number of carbonyl (C=O) groups excluding carboxylic acids is 1. The predicted octanol–water partition coefficient (Wildman–Crippen LogP) is 1.43. The Hall–Kier alpha value is -1.84. The minimum Gasteiger partial charge on any atom is -0.464 e. The van der Waals surface area contributed by atoms with E-state index in [-0.39, 0.29) is 5.97 Å². The molecule has 0 aliphatic heterocycles. The van der Waals surface area contributed by atoms with Crippen molar-refractivity contribution in [1.82, 2.24) is 9.61 Å². The van der Waals surface area contributed by atoms with E-state index in [9.17, 15) is 4.79 Å². The van der Waals surface area contributed by atoms with Crippen molar-refractivity contribution in [1.29, 1.82) is 0 Å². The molecule has 0 saturated heterocycles. The summed E-state index contributed by atoms with van der Waals surface area (Å²) in [6.07, 6.45) is 1.66. The molecule has 4 nitrogen and oxygen atoms in total. The number of ether oxygens (including phenoxy) is 1. The average molecular weight is 190 g/mol. The van der Waals surface area contributed by atoms with Crippen molar-refractivity contribution in [2.75, 3.05) is 7.11 Å². The zero-order valence-electron chi connectivity index (χ0n) is 8.02. The van der Waals surface area contributed by atoms with E-state index in [0.29, 0.717) is 5.69 Å². The van der Waals surface area contributed by atoms with Crippen LogP contribution in [0.1, 0.15) is 16.1 Å². The summed E-state index contributed by atoms with van der Waals surface area (Å²) < 4.78 is 6.24. The molecule has 0 saturated carbocycles. The molecule has 0 aliphatic rings. The smallest absolute Gasteiger partial charge is 0.356 e. The summed E-state index contributed by atoms with van der Waals surface area (Å²) in [6, 6.07) is 5.45. The second-order valence-electron chi connectivity index (χ2n) is 3.02. The van der Waals surface area contributed by atoms with Crippen LogP contribution >= 0.6 is 0 Å². The predicted molar refractivity (Wildman–Crippen MR) is 51.3 cm³/mol. The molecule has 72 valence electrons. The molecule has 2 aromatic heterocycles. The van der Waals surface area contributed by atoms with Crippen LogP contribution in [0.15, 0.2) is 24.4 Å². The van der Waals surface area contributed by atoms with Crippen LogP contribution in [-0.4, -0.2) is 22.7 Å². The third kappa shape index (κ3) is 1.16. The van der Waals surface area contributed by atoms with Crippen molar-refractivity contribution in [3.63, 3.8) is 0 Å². The Morgan fingerprint density at radius 3 is 2.93 bits per heavy atom. The molecule has 0 aromatic carbocycles. The number of rotatable bonds is 1. The molecule has 0 fully saturated rings. The Morgan fingerprint density at radius 2 is 2.21 bits per heavy atom. The van der Waals surface area contributed by atoms with Gasteiger partial charge in [-0.05, 0) is 24.6 Å². The van der Waals surface area contributed by atoms with Crippen LogP contribution < -0.4 is 0 Å². The molecule has 0 atom stereocenters. The number of carbonyl (C=O) groups is 1. The molecule has 2 aromatic rings. The highest BCUT2D eigenvalue weighted by Gasteiger charge is 2.11. The Morgan fingerprint density at radius 1 is 1.43 bits per heavy atom. The van der Waals surface area contributed by atoms with Crippen molar-refractivity contribution in [2.45, 2.75) is 6.92 Å². The number of esters is 1. The third-order valence-electron chi connectivity index (χ3n) is 2.16. The van der Waals surface area contributed by atoms with Crippen molar-refractivity contribution in [2.24, 2.45) is 0 Å². The standard InChI is InChI=1S/C10H10N2O2/c1-7-3-4-9(10(13)14-2)12-8(7)5-6-11-12/h3-6H,1-2H3. The average Bonchev–Trinajstić information content (AvgIpc) is 2.67. The van der Waals surface area contributed by atoms with E-state index >= 15 is 0 Å². The van der Waals surface area contributed by atoms with Gasteiger partial charge in [0.25, 0.3) is 0 Å². The largest absolute Gasteiger partial charge is 0.464 e. The molecule has 0 N–H and O–H groups in total. The number of aromatic nitrogens is 2. The van der Waals surface area contributed by atoms with Gasteiger partial charge in [0.1, 0.15) is 0 Å². The number of aryl methyl sites for hydroxylation is 1. The summed E-state index contributed by atoms with van der Waals surface area (Å²) >= 11 is 0. The van der Waals surface area contributed by atoms with Crippen LogP contribution in [0, 0.1) is 6.92 Å². The van der Waals surface area contributed by atoms with Gasteiger partial charge in [0.15, 0.2) is 5.69 Å². The maximum absolute atomic E-state index is 11.4. The number of hydrogen-bond donors (Lipinski definition) is 0. The summed E-state index contributed by atoms with van der Waals surface area (Å²) in [5.41, 5.74) is 2.45. The Kier molecular flexibility index (Phi) is 1.96. The Labute approximate surface area is 81.1 Å². The Balaban J connectivity index is 2.72. The fourth-order valence-corrected chi connectivity index (χ4v) is 1.41. The molecular weight excluding hydrogens is 180 g/mol. The van der Waals surface area contributed by atoms with Crippen molar-refractivity contribution >= 4 is 11.5 Å². The van der Waals surface area contributed by atoms with Gasteiger partial charge in [-0.25, -0.2) is 9.31 Å². The summed E-state index contributed by atoms with van der Waals surface area (Å²) in [7, 11) is 1.36. The summed E-state index contributed by atoms with van der Waals surface area (Å²) in [5.74, 6) is -0.376. The fourth-order valence-electron chi connectivity index (χ4n) is 1.41. The highest BCUT2D eigenvalue weighted by Crippen LogP contribution is 2.12. The number of fused-ring (bicyclic) bond motifs is 1. The molecule has 2 rings (SSSR count). The lowest BCUT2D eigenvalue weighted by Crippen LogP contribution is -2.09. The molecule has 0 bridgehead atoms. The topological polar surface area (TPSA) is 43.6 Å². The third-order valence-corrected chi connectivity index (χ3v) is 2.16. The van der Waals surface area contributed by atoms with Crippen LogP contribution in [0.25, 0.3) is 5.52 Å². The van der Waals surface area contributed by atoms with E-state index in [4.69, 9.17) is 0 Å². The Bertz CT molecular complexity index is 488. The molecule has 0 aliphatic carbocycles. The second kappa shape index (κ2) is 3.14. The number of pyridine rings is 1. The first-order valence-electron chi connectivity index (χ1n) is 4.25. The zero-order valence-corrected chi connectivity index (χ0v) is 8.02. The van der Waals surface area contributed by atoms with E-state index in [2.05, 4.69) is 9.84 Å². The lowest BCUT2D eigenvalue weighted by atomic mass is 10.2. The van der Waals surface area contributed by atoms with Gasteiger partial charge < -0.3 is 4.74 Å². The maximum atomic E-state index is 11.4. The molecule has 0 amide bonds. The normalized spacial score (nSPS) is 10.4. The number of nitrogens with zero attached hydrogens (tertiary/aromatic N) is 2. The van der Waals surface area contributed by atoms with Crippen molar-refractivity contribution < 1.29 is 9.53 Å². The van der Waals surface area contributed by atoms with Crippen LogP contribution in [0.5, 0.6) is 0 Å². The number of methoxy groups -OCH3 is 1. The molecule has 0 spiro atoms. The van der Waals surface area contributed by atoms with Crippen molar-refractivity contribution in [3.8, 4) is 0 Å².